The Labute approximate surface area is 94.4 Å². The van der Waals surface area contributed by atoms with Crippen LogP contribution in [0.1, 0.15) is 19.4 Å². The average Bonchev–Trinajstić information content (AvgIpc) is 2.28. The maximum atomic E-state index is 13.1. The first kappa shape index (κ1) is 12.6. The predicted octanol–water partition coefficient (Wildman–Crippen LogP) is 1.61. The first-order valence-corrected chi connectivity index (χ1v) is 5.18. The smallest absolute Gasteiger partial charge is 0.317 e. The van der Waals surface area contributed by atoms with Crippen molar-refractivity contribution in [3.63, 3.8) is 0 Å². The number of carbonyl (C=O) groups is 1. The molecule has 0 aliphatic carbocycles. The minimum Gasteiger partial charge on any atom is -0.465 e. The van der Waals surface area contributed by atoms with E-state index in [1.54, 1.807) is 26.0 Å². The molecule has 1 unspecified atom stereocenters. The molecule has 1 aromatic rings. The third kappa shape index (κ3) is 2.39. The molecule has 0 amide bonds. The quantitative estimate of drug-likeness (QED) is 0.792. The van der Waals surface area contributed by atoms with Gasteiger partial charge in [-0.3, -0.25) is 4.79 Å². The van der Waals surface area contributed by atoms with Crippen molar-refractivity contribution >= 4 is 5.97 Å². The zero-order valence-electron chi connectivity index (χ0n) is 9.50. The highest BCUT2D eigenvalue weighted by molar-refractivity contribution is 5.83. The molecule has 0 aliphatic heterocycles. The van der Waals surface area contributed by atoms with Crippen molar-refractivity contribution in [2.45, 2.75) is 19.3 Å². The molecule has 0 radical (unpaired) electrons. The minimum atomic E-state index is -0.988. The van der Waals surface area contributed by atoms with Crippen LogP contribution in [0.25, 0.3) is 0 Å². The summed E-state index contributed by atoms with van der Waals surface area (Å²) in [5.74, 6) is -0.815. The van der Waals surface area contributed by atoms with E-state index in [-0.39, 0.29) is 19.0 Å². The zero-order chi connectivity index (χ0) is 12.2. The van der Waals surface area contributed by atoms with Gasteiger partial charge >= 0.3 is 5.97 Å². The minimum absolute atomic E-state index is 0.0787. The first-order chi connectivity index (χ1) is 7.54. The van der Waals surface area contributed by atoms with Crippen molar-refractivity contribution in [3.05, 3.63) is 35.6 Å². The molecule has 0 aromatic heterocycles. The number of hydrogen-bond donors (Lipinski definition) is 1. The van der Waals surface area contributed by atoms with Crippen LogP contribution in [-0.4, -0.2) is 19.1 Å². The Kier molecular flexibility index (Phi) is 4.01. The topological polar surface area (TPSA) is 52.3 Å². The van der Waals surface area contributed by atoms with Crippen LogP contribution < -0.4 is 5.73 Å². The van der Waals surface area contributed by atoms with E-state index in [1.165, 1.54) is 12.1 Å². The van der Waals surface area contributed by atoms with Crippen molar-refractivity contribution in [2.24, 2.45) is 5.73 Å². The van der Waals surface area contributed by atoms with Gasteiger partial charge in [-0.05, 0) is 31.5 Å². The molecule has 0 saturated heterocycles. The van der Waals surface area contributed by atoms with Crippen LogP contribution in [-0.2, 0) is 14.9 Å². The van der Waals surface area contributed by atoms with Gasteiger partial charge in [0.05, 0.1) is 6.61 Å². The predicted molar refractivity (Wildman–Crippen MR) is 59.4 cm³/mol. The van der Waals surface area contributed by atoms with Gasteiger partial charge < -0.3 is 10.5 Å². The van der Waals surface area contributed by atoms with Crippen molar-refractivity contribution in [1.29, 1.82) is 0 Å². The number of ether oxygens (including phenoxy) is 1. The molecule has 0 spiro atoms. The van der Waals surface area contributed by atoms with E-state index in [4.69, 9.17) is 10.5 Å². The van der Waals surface area contributed by atoms with Crippen molar-refractivity contribution in [3.8, 4) is 0 Å². The average molecular weight is 225 g/mol. The molecule has 0 aliphatic rings. The third-order valence-electron chi connectivity index (χ3n) is 2.60. The molecule has 1 aromatic carbocycles. The zero-order valence-corrected chi connectivity index (χ0v) is 9.50. The van der Waals surface area contributed by atoms with E-state index in [0.29, 0.717) is 5.56 Å². The van der Waals surface area contributed by atoms with Crippen LogP contribution >= 0.6 is 0 Å². The number of hydrogen-bond acceptors (Lipinski definition) is 3. The second kappa shape index (κ2) is 5.07. The lowest BCUT2D eigenvalue weighted by molar-refractivity contribution is -0.149. The number of esters is 1. The first-order valence-electron chi connectivity index (χ1n) is 5.18. The fraction of sp³-hybridized carbons (Fsp3) is 0.417. The third-order valence-corrected chi connectivity index (χ3v) is 2.60. The van der Waals surface area contributed by atoms with Gasteiger partial charge in [0.15, 0.2) is 0 Å². The lowest BCUT2D eigenvalue weighted by atomic mass is 9.82. The molecule has 0 fully saturated rings. The summed E-state index contributed by atoms with van der Waals surface area (Å²) in [5.41, 5.74) is 5.14. The van der Waals surface area contributed by atoms with E-state index in [2.05, 4.69) is 0 Å². The number of nitrogens with two attached hydrogens (primary N) is 1. The second-order valence-corrected chi connectivity index (χ2v) is 3.77. The summed E-state index contributed by atoms with van der Waals surface area (Å²) >= 11 is 0. The summed E-state index contributed by atoms with van der Waals surface area (Å²) in [6, 6.07) is 5.86. The molecule has 1 atom stereocenters. The van der Waals surface area contributed by atoms with Crippen LogP contribution in [0.5, 0.6) is 0 Å². The molecule has 3 nitrogen and oxygen atoms in total. The van der Waals surface area contributed by atoms with Crippen molar-refractivity contribution in [1.82, 2.24) is 0 Å². The van der Waals surface area contributed by atoms with Crippen LogP contribution in [0.4, 0.5) is 4.39 Å². The molecule has 4 heteroatoms. The van der Waals surface area contributed by atoms with E-state index in [0.717, 1.165) is 0 Å². The Balaban J connectivity index is 3.09. The maximum absolute atomic E-state index is 13.1. The molecule has 0 saturated carbocycles. The van der Waals surface area contributed by atoms with Crippen molar-refractivity contribution < 1.29 is 13.9 Å². The lowest BCUT2D eigenvalue weighted by Crippen LogP contribution is -2.41. The Bertz CT molecular complexity index is 381. The molecule has 88 valence electrons. The normalized spacial score (nSPS) is 14.2. The monoisotopic (exact) mass is 225 g/mol. The van der Waals surface area contributed by atoms with E-state index >= 15 is 0 Å². The largest absolute Gasteiger partial charge is 0.465 e. The summed E-state index contributed by atoms with van der Waals surface area (Å²) in [4.78, 5) is 11.8. The van der Waals surface area contributed by atoms with Gasteiger partial charge in [-0.25, -0.2) is 4.39 Å². The van der Waals surface area contributed by atoms with Gasteiger partial charge in [0, 0.05) is 6.54 Å². The highest BCUT2D eigenvalue weighted by atomic mass is 19.1. The van der Waals surface area contributed by atoms with Gasteiger partial charge in [0.1, 0.15) is 11.2 Å². The Hall–Kier alpha value is -1.42. The van der Waals surface area contributed by atoms with Crippen LogP contribution in [0.3, 0.4) is 0 Å². The summed E-state index contributed by atoms with van der Waals surface area (Å²) in [6.07, 6.45) is 0. The fourth-order valence-corrected chi connectivity index (χ4v) is 1.44. The highest BCUT2D eigenvalue weighted by Gasteiger charge is 2.35. The SMILES string of the molecule is CCOC(=O)C(C)(CN)c1cccc(F)c1. The Morgan fingerprint density at radius 3 is 2.75 bits per heavy atom. The molecular weight excluding hydrogens is 209 g/mol. The fourth-order valence-electron chi connectivity index (χ4n) is 1.44. The number of carbonyl (C=O) groups excluding carboxylic acids is 1. The highest BCUT2D eigenvalue weighted by Crippen LogP contribution is 2.24. The van der Waals surface area contributed by atoms with Crippen LogP contribution in [0, 0.1) is 5.82 Å². The number of benzene rings is 1. The molecule has 16 heavy (non-hydrogen) atoms. The second-order valence-electron chi connectivity index (χ2n) is 3.77. The summed E-state index contributed by atoms with van der Waals surface area (Å²) < 4.78 is 18.0. The van der Waals surface area contributed by atoms with Gasteiger partial charge in [0.2, 0.25) is 0 Å². The number of halogens is 1. The molecule has 0 heterocycles. The van der Waals surface area contributed by atoms with E-state index in [9.17, 15) is 9.18 Å². The van der Waals surface area contributed by atoms with E-state index in [1.807, 2.05) is 0 Å². The maximum Gasteiger partial charge on any atom is 0.317 e. The van der Waals surface area contributed by atoms with Crippen LogP contribution in [0.15, 0.2) is 24.3 Å². The molecule has 1 rings (SSSR count). The van der Waals surface area contributed by atoms with Gasteiger partial charge in [-0.1, -0.05) is 12.1 Å². The molecular formula is C12H16FNO2. The van der Waals surface area contributed by atoms with Gasteiger partial charge in [-0.15, -0.1) is 0 Å². The summed E-state index contributed by atoms with van der Waals surface area (Å²) in [6.45, 7) is 3.74. The van der Waals surface area contributed by atoms with Gasteiger partial charge in [-0.2, -0.15) is 0 Å². The Morgan fingerprint density at radius 1 is 1.56 bits per heavy atom. The Morgan fingerprint density at radius 2 is 2.25 bits per heavy atom. The number of rotatable bonds is 4. The van der Waals surface area contributed by atoms with Gasteiger partial charge in [0.25, 0.3) is 0 Å². The molecule has 2 N–H and O–H groups in total. The summed E-state index contributed by atoms with van der Waals surface area (Å²) in [7, 11) is 0. The van der Waals surface area contributed by atoms with E-state index < -0.39 is 11.4 Å². The van der Waals surface area contributed by atoms with Crippen molar-refractivity contribution in [2.75, 3.05) is 13.2 Å². The standard InChI is InChI=1S/C12H16FNO2/c1-3-16-11(15)12(2,8-14)9-5-4-6-10(13)7-9/h4-7H,3,8,14H2,1-2H3. The molecule has 0 bridgehead atoms. The van der Waals surface area contributed by atoms with Crippen LogP contribution in [0.2, 0.25) is 0 Å². The summed E-state index contributed by atoms with van der Waals surface area (Å²) in [5, 5.41) is 0. The lowest BCUT2D eigenvalue weighted by Gasteiger charge is -2.25.